The summed E-state index contributed by atoms with van der Waals surface area (Å²) in [6.45, 7) is 4.10. The molecule has 1 N–H and O–H groups in total. The summed E-state index contributed by atoms with van der Waals surface area (Å²) in [5.74, 6) is -0.996. The van der Waals surface area contributed by atoms with Gasteiger partial charge in [-0.3, -0.25) is 24.6 Å². The van der Waals surface area contributed by atoms with E-state index in [-0.39, 0.29) is 23.3 Å². The van der Waals surface area contributed by atoms with Gasteiger partial charge in [0.15, 0.2) is 0 Å². The van der Waals surface area contributed by atoms with E-state index in [0.717, 1.165) is 0 Å². The molecular formula is C17H21FN2O3. The number of benzene rings is 1. The molecule has 23 heavy (non-hydrogen) atoms. The number of halogens is 1. The van der Waals surface area contributed by atoms with Crippen LogP contribution in [0.15, 0.2) is 12.1 Å². The fourth-order valence-corrected chi connectivity index (χ4v) is 2.82. The molecule has 2 amide bonds. The zero-order valence-corrected chi connectivity index (χ0v) is 13.6. The molecule has 1 atom stereocenters. The Labute approximate surface area is 134 Å². The number of likely N-dealkylation sites (N-methyl/N-ethyl adjacent to an activating group) is 1. The number of rotatable bonds is 5. The summed E-state index contributed by atoms with van der Waals surface area (Å²) in [6, 6.07) is 2.50. The normalized spacial score (nSPS) is 18.4. The molecule has 2 rings (SSSR count). The second-order valence-corrected chi connectivity index (χ2v) is 6.23. The Bertz CT molecular complexity index is 643. The molecule has 1 saturated heterocycles. The highest BCUT2D eigenvalue weighted by Gasteiger charge is 2.30. The molecule has 0 aromatic heterocycles. The van der Waals surface area contributed by atoms with E-state index in [1.54, 1.807) is 18.0 Å². The first kappa shape index (κ1) is 17.3. The lowest BCUT2D eigenvalue weighted by atomic mass is 9.96. The summed E-state index contributed by atoms with van der Waals surface area (Å²) in [5.41, 5.74) is 1.51. The molecular weight excluding hydrogens is 299 g/mol. The highest BCUT2D eigenvalue weighted by molar-refractivity contribution is 6.00. The smallest absolute Gasteiger partial charge is 0.243 e. The molecule has 0 spiro atoms. The molecule has 1 aromatic rings. The number of aldehydes is 1. The van der Waals surface area contributed by atoms with Crippen molar-refractivity contribution in [3.8, 4) is 0 Å². The minimum Gasteiger partial charge on any atom is -0.298 e. The number of amides is 2. The highest BCUT2D eigenvalue weighted by Crippen LogP contribution is 2.24. The van der Waals surface area contributed by atoms with E-state index >= 15 is 0 Å². The van der Waals surface area contributed by atoms with Crippen molar-refractivity contribution >= 4 is 18.1 Å². The number of carbonyl (C=O) groups is 3. The van der Waals surface area contributed by atoms with Crippen LogP contribution in [0.1, 0.15) is 54.1 Å². The fraction of sp³-hybridized carbons (Fsp3) is 0.471. The average Bonchev–Trinajstić information content (AvgIpc) is 2.48. The van der Waals surface area contributed by atoms with Crippen molar-refractivity contribution in [3.05, 3.63) is 34.6 Å². The Morgan fingerprint density at radius 1 is 1.39 bits per heavy atom. The maximum absolute atomic E-state index is 14.0. The third kappa shape index (κ3) is 3.82. The number of piperidine rings is 1. The minimum atomic E-state index is -0.431. The Kier molecular flexibility index (Phi) is 5.26. The van der Waals surface area contributed by atoms with Gasteiger partial charge in [-0.15, -0.1) is 0 Å². The topological polar surface area (TPSA) is 66.5 Å². The van der Waals surface area contributed by atoms with Crippen LogP contribution < -0.4 is 5.32 Å². The summed E-state index contributed by atoms with van der Waals surface area (Å²) in [7, 11) is 1.76. The Morgan fingerprint density at radius 3 is 2.65 bits per heavy atom. The van der Waals surface area contributed by atoms with Gasteiger partial charge < -0.3 is 0 Å². The number of nitrogens with zero attached hydrogens (tertiary/aromatic N) is 1. The molecule has 0 aliphatic carbocycles. The van der Waals surface area contributed by atoms with Crippen molar-refractivity contribution < 1.29 is 18.8 Å². The molecule has 0 radical (unpaired) electrons. The Morgan fingerprint density at radius 2 is 2.09 bits per heavy atom. The lowest BCUT2D eigenvalue weighted by molar-refractivity contribution is -0.137. The SMILES string of the molecule is CC(C)c1cc(CN(C)C2CCC(=O)NC2=O)c(C=O)cc1F. The van der Waals surface area contributed by atoms with Crippen molar-refractivity contribution in [2.24, 2.45) is 0 Å². The largest absolute Gasteiger partial charge is 0.298 e. The Balaban J connectivity index is 2.24. The van der Waals surface area contributed by atoms with Gasteiger partial charge in [0.1, 0.15) is 12.1 Å². The van der Waals surface area contributed by atoms with Gasteiger partial charge in [-0.25, -0.2) is 4.39 Å². The summed E-state index contributed by atoms with van der Waals surface area (Å²) in [5, 5.41) is 2.31. The molecule has 1 aliphatic heterocycles. The van der Waals surface area contributed by atoms with Crippen LogP contribution in [0.4, 0.5) is 4.39 Å². The summed E-state index contributed by atoms with van der Waals surface area (Å²) in [4.78, 5) is 36.1. The summed E-state index contributed by atoms with van der Waals surface area (Å²) in [6.07, 6.45) is 1.36. The van der Waals surface area contributed by atoms with E-state index < -0.39 is 11.9 Å². The zero-order valence-electron chi connectivity index (χ0n) is 13.6. The van der Waals surface area contributed by atoms with Crippen LogP contribution in [-0.2, 0) is 16.1 Å². The number of hydrogen-bond donors (Lipinski definition) is 1. The molecule has 5 nitrogen and oxygen atoms in total. The van der Waals surface area contributed by atoms with E-state index in [4.69, 9.17) is 0 Å². The van der Waals surface area contributed by atoms with Crippen LogP contribution in [0.2, 0.25) is 0 Å². The molecule has 0 bridgehead atoms. The van der Waals surface area contributed by atoms with Crippen molar-refractivity contribution in [2.45, 2.75) is 45.2 Å². The monoisotopic (exact) mass is 320 g/mol. The fourth-order valence-electron chi connectivity index (χ4n) is 2.82. The zero-order chi connectivity index (χ0) is 17.1. The quantitative estimate of drug-likeness (QED) is 0.666. The lowest BCUT2D eigenvalue weighted by Gasteiger charge is -2.30. The van der Waals surface area contributed by atoms with E-state index in [1.807, 2.05) is 13.8 Å². The van der Waals surface area contributed by atoms with Gasteiger partial charge in [0.05, 0.1) is 6.04 Å². The molecule has 1 unspecified atom stereocenters. The maximum Gasteiger partial charge on any atom is 0.243 e. The van der Waals surface area contributed by atoms with Gasteiger partial charge in [0, 0.05) is 18.5 Å². The van der Waals surface area contributed by atoms with Crippen LogP contribution in [0, 0.1) is 5.82 Å². The van der Waals surface area contributed by atoms with Crippen LogP contribution >= 0.6 is 0 Å². The number of hydrogen-bond acceptors (Lipinski definition) is 4. The van der Waals surface area contributed by atoms with E-state index in [1.165, 1.54) is 6.07 Å². The van der Waals surface area contributed by atoms with Gasteiger partial charge >= 0.3 is 0 Å². The van der Waals surface area contributed by atoms with Crippen molar-refractivity contribution in [1.82, 2.24) is 10.2 Å². The summed E-state index contributed by atoms with van der Waals surface area (Å²) >= 11 is 0. The van der Waals surface area contributed by atoms with Crippen LogP contribution in [0.25, 0.3) is 0 Å². The predicted molar refractivity (Wildman–Crippen MR) is 83.5 cm³/mol. The molecule has 0 saturated carbocycles. The van der Waals surface area contributed by atoms with E-state index in [9.17, 15) is 18.8 Å². The first-order chi connectivity index (χ1) is 10.8. The first-order valence-corrected chi connectivity index (χ1v) is 7.65. The van der Waals surface area contributed by atoms with Crippen LogP contribution in [0.3, 0.4) is 0 Å². The van der Waals surface area contributed by atoms with E-state index in [0.29, 0.717) is 36.8 Å². The minimum absolute atomic E-state index is 0.00430. The average molecular weight is 320 g/mol. The van der Waals surface area contributed by atoms with Gasteiger partial charge in [0.25, 0.3) is 0 Å². The highest BCUT2D eigenvalue weighted by atomic mass is 19.1. The van der Waals surface area contributed by atoms with Crippen LogP contribution in [0.5, 0.6) is 0 Å². The first-order valence-electron chi connectivity index (χ1n) is 7.65. The molecule has 1 aromatic carbocycles. The summed E-state index contributed by atoms with van der Waals surface area (Å²) < 4.78 is 14.0. The van der Waals surface area contributed by atoms with Gasteiger partial charge in [-0.1, -0.05) is 19.9 Å². The lowest BCUT2D eigenvalue weighted by Crippen LogP contribution is -2.51. The molecule has 1 aliphatic rings. The third-order valence-corrected chi connectivity index (χ3v) is 4.17. The second-order valence-electron chi connectivity index (χ2n) is 6.23. The van der Waals surface area contributed by atoms with E-state index in [2.05, 4.69) is 5.32 Å². The number of carbonyl (C=O) groups excluding carboxylic acids is 3. The molecule has 1 heterocycles. The molecule has 124 valence electrons. The number of nitrogens with one attached hydrogen (secondary N) is 1. The van der Waals surface area contributed by atoms with Crippen molar-refractivity contribution in [3.63, 3.8) is 0 Å². The van der Waals surface area contributed by atoms with Crippen molar-refractivity contribution in [2.75, 3.05) is 7.05 Å². The Hall–Kier alpha value is -2.08. The third-order valence-electron chi connectivity index (χ3n) is 4.17. The van der Waals surface area contributed by atoms with Crippen molar-refractivity contribution in [1.29, 1.82) is 0 Å². The molecule has 1 fully saturated rings. The van der Waals surface area contributed by atoms with Gasteiger partial charge in [-0.2, -0.15) is 0 Å². The van der Waals surface area contributed by atoms with Gasteiger partial charge in [0.2, 0.25) is 11.8 Å². The standard InChI is InChI=1S/C17H21FN2O3/c1-10(2)13-6-11(12(9-21)7-14(13)18)8-20(3)15-4-5-16(22)19-17(15)23/h6-7,9-10,15H,4-5,8H2,1-3H3,(H,19,22,23). The molecule has 6 heteroatoms. The van der Waals surface area contributed by atoms with Crippen LogP contribution in [-0.4, -0.2) is 36.1 Å². The van der Waals surface area contributed by atoms with Gasteiger partial charge in [-0.05, 0) is 36.6 Å². The number of imide groups is 1. The second kappa shape index (κ2) is 7.00. The maximum atomic E-state index is 14.0. The predicted octanol–water partition coefficient (Wildman–Crippen LogP) is 2.00.